The van der Waals surface area contributed by atoms with Crippen LogP contribution in [0.4, 0.5) is 0 Å². The zero-order chi connectivity index (χ0) is 15.5. The molecular formula is C17H16ClN3S. The Morgan fingerprint density at radius 2 is 2.09 bits per heavy atom. The van der Waals surface area contributed by atoms with Gasteiger partial charge in [-0.05, 0) is 61.7 Å². The average Bonchev–Trinajstić information content (AvgIpc) is 3.11. The van der Waals surface area contributed by atoms with E-state index in [-0.39, 0.29) is 0 Å². The fourth-order valence-electron chi connectivity index (χ4n) is 2.68. The van der Waals surface area contributed by atoms with Gasteiger partial charge in [0.05, 0.1) is 26.5 Å². The van der Waals surface area contributed by atoms with E-state index in [1.165, 1.54) is 5.56 Å². The molecule has 0 atom stereocenters. The minimum absolute atomic E-state index is 0.683. The van der Waals surface area contributed by atoms with Crippen molar-refractivity contribution in [2.24, 2.45) is 5.73 Å². The molecule has 3 N–H and O–H groups in total. The van der Waals surface area contributed by atoms with Gasteiger partial charge in [0.2, 0.25) is 0 Å². The van der Waals surface area contributed by atoms with Gasteiger partial charge in [-0.2, -0.15) is 5.26 Å². The van der Waals surface area contributed by atoms with Crippen molar-refractivity contribution in [1.82, 2.24) is 4.98 Å². The van der Waals surface area contributed by atoms with Gasteiger partial charge in [-0.3, -0.25) is 0 Å². The molecule has 0 radical (unpaired) electrons. The number of thiophene rings is 1. The summed E-state index contributed by atoms with van der Waals surface area (Å²) in [6.07, 6.45) is 2.97. The van der Waals surface area contributed by atoms with Crippen molar-refractivity contribution in [3.63, 3.8) is 0 Å². The van der Waals surface area contributed by atoms with E-state index in [0.717, 1.165) is 45.1 Å². The molecule has 3 rings (SSSR count). The molecule has 5 heteroatoms. The number of halogens is 1. The van der Waals surface area contributed by atoms with Gasteiger partial charge in [-0.15, -0.1) is 11.3 Å². The predicted molar refractivity (Wildman–Crippen MR) is 93.3 cm³/mol. The molecule has 0 saturated carbocycles. The molecular weight excluding hydrogens is 314 g/mol. The summed E-state index contributed by atoms with van der Waals surface area (Å²) < 4.78 is 0.777. The summed E-state index contributed by atoms with van der Waals surface area (Å²) in [5.41, 5.74) is 9.71. The van der Waals surface area contributed by atoms with E-state index in [9.17, 15) is 0 Å². The highest BCUT2D eigenvalue weighted by Gasteiger charge is 2.15. The summed E-state index contributed by atoms with van der Waals surface area (Å²) in [6.45, 7) is 0.700. The molecule has 2 heterocycles. The Labute approximate surface area is 138 Å². The number of nitriles is 1. The van der Waals surface area contributed by atoms with Crippen LogP contribution in [0.5, 0.6) is 0 Å². The van der Waals surface area contributed by atoms with Crippen molar-refractivity contribution >= 4 is 33.8 Å². The Hall–Kier alpha value is -1.80. The molecule has 0 aliphatic heterocycles. The number of rotatable bonds is 5. The highest BCUT2D eigenvalue weighted by Crippen LogP contribution is 2.37. The number of aromatic amines is 1. The molecule has 0 bridgehead atoms. The SMILES string of the molecule is N#Cc1ccc2[nH]c(-c3ccc(Cl)s3)c(CCCCN)c2c1. The van der Waals surface area contributed by atoms with Crippen molar-refractivity contribution in [2.75, 3.05) is 6.54 Å². The van der Waals surface area contributed by atoms with Gasteiger partial charge in [-0.25, -0.2) is 0 Å². The standard InChI is InChI=1S/C17H16ClN3S/c18-16-7-6-15(22-16)17-12(3-1-2-8-19)13-9-11(10-20)4-5-14(13)21-17/h4-7,9,21H,1-3,8,19H2. The van der Waals surface area contributed by atoms with Crippen LogP contribution in [0.15, 0.2) is 30.3 Å². The van der Waals surface area contributed by atoms with Crippen LogP contribution in [0.25, 0.3) is 21.5 Å². The first-order chi connectivity index (χ1) is 10.7. The lowest BCUT2D eigenvalue weighted by molar-refractivity contribution is 0.748. The number of nitrogens with zero attached hydrogens (tertiary/aromatic N) is 1. The minimum atomic E-state index is 0.683. The van der Waals surface area contributed by atoms with E-state index < -0.39 is 0 Å². The van der Waals surface area contributed by atoms with E-state index in [1.54, 1.807) is 11.3 Å². The number of nitrogens with two attached hydrogens (primary N) is 1. The third-order valence-corrected chi connectivity index (χ3v) is 4.98. The average molecular weight is 330 g/mol. The quantitative estimate of drug-likeness (QED) is 0.666. The van der Waals surface area contributed by atoms with Crippen LogP contribution >= 0.6 is 22.9 Å². The number of fused-ring (bicyclic) bond motifs is 1. The molecule has 0 amide bonds. The minimum Gasteiger partial charge on any atom is -0.354 e. The summed E-state index contributed by atoms with van der Waals surface area (Å²) in [7, 11) is 0. The first-order valence-electron chi connectivity index (χ1n) is 7.23. The maximum Gasteiger partial charge on any atom is 0.0991 e. The molecule has 0 fully saturated rings. The Bertz CT molecular complexity index is 841. The molecule has 0 unspecified atom stereocenters. The van der Waals surface area contributed by atoms with Gasteiger partial charge in [0, 0.05) is 10.9 Å². The fourth-order valence-corrected chi connectivity index (χ4v) is 3.75. The predicted octanol–water partition coefficient (Wildman–Crippen LogP) is 4.70. The molecule has 2 aromatic heterocycles. The van der Waals surface area contributed by atoms with Crippen LogP contribution in [-0.2, 0) is 6.42 Å². The number of aryl methyl sites for hydroxylation is 1. The number of hydrogen-bond donors (Lipinski definition) is 2. The van der Waals surface area contributed by atoms with Gasteiger partial charge in [-0.1, -0.05) is 11.6 Å². The topological polar surface area (TPSA) is 65.6 Å². The summed E-state index contributed by atoms with van der Waals surface area (Å²) >= 11 is 7.64. The zero-order valence-corrected chi connectivity index (χ0v) is 13.6. The second-order valence-corrected chi connectivity index (χ2v) is 6.92. The molecule has 0 aliphatic carbocycles. The smallest absolute Gasteiger partial charge is 0.0991 e. The highest BCUT2D eigenvalue weighted by atomic mass is 35.5. The van der Waals surface area contributed by atoms with Crippen molar-refractivity contribution < 1.29 is 0 Å². The Kier molecular flexibility index (Phi) is 4.49. The Morgan fingerprint density at radius 1 is 1.23 bits per heavy atom. The molecule has 22 heavy (non-hydrogen) atoms. The van der Waals surface area contributed by atoms with Crippen molar-refractivity contribution in [2.45, 2.75) is 19.3 Å². The van der Waals surface area contributed by atoms with Gasteiger partial charge in [0.15, 0.2) is 0 Å². The van der Waals surface area contributed by atoms with E-state index in [2.05, 4.69) is 11.1 Å². The van der Waals surface area contributed by atoms with Gasteiger partial charge in [0.25, 0.3) is 0 Å². The van der Waals surface area contributed by atoms with Crippen LogP contribution in [0.3, 0.4) is 0 Å². The Morgan fingerprint density at radius 3 is 2.77 bits per heavy atom. The van der Waals surface area contributed by atoms with Crippen LogP contribution < -0.4 is 5.73 Å². The molecule has 3 nitrogen and oxygen atoms in total. The lowest BCUT2D eigenvalue weighted by atomic mass is 10.0. The van der Waals surface area contributed by atoms with Crippen LogP contribution in [0, 0.1) is 11.3 Å². The summed E-state index contributed by atoms with van der Waals surface area (Å²) in [4.78, 5) is 4.61. The van der Waals surface area contributed by atoms with Crippen molar-refractivity contribution in [3.05, 3.63) is 45.8 Å². The lowest BCUT2D eigenvalue weighted by Crippen LogP contribution is -1.99. The molecule has 112 valence electrons. The number of H-pyrrole nitrogens is 1. The third-order valence-electron chi connectivity index (χ3n) is 3.74. The monoisotopic (exact) mass is 329 g/mol. The lowest BCUT2D eigenvalue weighted by Gasteiger charge is -2.03. The number of aromatic nitrogens is 1. The number of nitrogens with one attached hydrogen (secondary N) is 1. The van der Waals surface area contributed by atoms with Crippen LogP contribution in [0.1, 0.15) is 24.0 Å². The molecule has 0 aliphatic rings. The van der Waals surface area contributed by atoms with E-state index >= 15 is 0 Å². The third kappa shape index (κ3) is 2.89. The largest absolute Gasteiger partial charge is 0.354 e. The van der Waals surface area contributed by atoms with Crippen LogP contribution in [0.2, 0.25) is 4.34 Å². The molecule has 3 aromatic rings. The normalized spacial score (nSPS) is 11.0. The van der Waals surface area contributed by atoms with Gasteiger partial charge >= 0.3 is 0 Å². The Balaban J connectivity index is 2.13. The first-order valence-corrected chi connectivity index (χ1v) is 8.43. The van der Waals surface area contributed by atoms with E-state index in [1.807, 2.05) is 30.3 Å². The maximum absolute atomic E-state index is 9.14. The van der Waals surface area contributed by atoms with Crippen molar-refractivity contribution in [1.29, 1.82) is 5.26 Å². The summed E-state index contributed by atoms with van der Waals surface area (Å²) in [5.74, 6) is 0. The second-order valence-electron chi connectivity index (χ2n) is 5.20. The first kappa shape index (κ1) is 15.1. The van der Waals surface area contributed by atoms with Gasteiger partial charge in [0.1, 0.15) is 0 Å². The number of unbranched alkanes of at least 4 members (excludes halogenated alkanes) is 1. The fraction of sp³-hybridized carbons (Fsp3) is 0.235. The van der Waals surface area contributed by atoms with Crippen molar-refractivity contribution in [3.8, 4) is 16.6 Å². The van der Waals surface area contributed by atoms with E-state index in [4.69, 9.17) is 22.6 Å². The molecule has 0 saturated heterocycles. The second kappa shape index (κ2) is 6.53. The summed E-state index contributed by atoms with van der Waals surface area (Å²) in [5, 5.41) is 10.3. The number of hydrogen-bond acceptors (Lipinski definition) is 3. The van der Waals surface area contributed by atoms with E-state index in [0.29, 0.717) is 12.1 Å². The maximum atomic E-state index is 9.14. The molecule has 0 spiro atoms. The molecule has 1 aromatic carbocycles. The van der Waals surface area contributed by atoms with Crippen LogP contribution in [-0.4, -0.2) is 11.5 Å². The zero-order valence-electron chi connectivity index (χ0n) is 12.0. The highest BCUT2D eigenvalue weighted by molar-refractivity contribution is 7.19. The summed E-state index contributed by atoms with van der Waals surface area (Å²) in [6, 6.07) is 11.9. The number of benzene rings is 1. The van der Waals surface area contributed by atoms with Gasteiger partial charge < -0.3 is 10.7 Å².